The molecule has 28 heavy (non-hydrogen) atoms. The molecule has 1 N–H and O–H groups in total. The van der Waals surface area contributed by atoms with Gasteiger partial charge in [0.05, 0.1) is 5.92 Å². The molecule has 3 aliphatic rings. The maximum absolute atomic E-state index is 13.3. The number of carbonyl (C=O) groups is 2. The van der Waals surface area contributed by atoms with Crippen LogP contribution in [0.15, 0.2) is 40.1 Å². The maximum atomic E-state index is 13.3. The summed E-state index contributed by atoms with van der Waals surface area (Å²) in [6.07, 6.45) is 8.49. The molecule has 2 unspecified atom stereocenters. The Bertz CT molecular complexity index is 810. The third-order valence-corrected chi connectivity index (χ3v) is 6.19. The second-order valence-electron chi connectivity index (χ2n) is 8.27. The number of ether oxygens (including phenoxy) is 1. The van der Waals surface area contributed by atoms with E-state index in [4.69, 9.17) is 9.15 Å². The van der Waals surface area contributed by atoms with Gasteiger partial charge in [-0.3, -0.25) is 9.59 Å². The summed E-state index contributed by atoms with van der Waals surface area (Å²) in [5.74, 6) is 0.102. The average Bonchev–Trinajstić information content (AvgIpc) is 2.92. The lowest BCUT2D eigenvalue weighted by molar-refractivity contribution is -0.154. The van der Waals surface area contributed by atoms with E-state index in [2.05, 4.69) is 11.9 Å². The minimum atomic E-state index is -0.644. The topological polar surface area (TPSA) is 68.5 Å². The van der Waals surface area contributed by atoms with Crippen LogP contribution in [0, 0.1) is 12.8 Å². The molecule has 5 nitrogen and oxygen atoms in total. The summed E-state index contributed by atoms with van der Waals surface area (Å²) in [6, 6.07) is 3.75. The highest BCUT2D eigenvalue weighted by atomic mass is 16.5. The van der Waals surface area contributed by atoms with Crippen LogP contribution in [0.4, 0.5) is 0 Å². The van der Waals surface area contributed by atoms with Gasteiger partial charge in [0.15, 0.2) is 5.78 Å². The Morgan fingerprint density at radius 2 is 1.89 bits per heavy atom. The van der Waals surface area contributed by atoms with Crippen molar-refractivity contribution in [3.8, 4) is 0 Å². The number of allylic oxidation sites excluding steroid dienone is 2. The number of hydrogen-bond donors (Lipinski definition) is 1. The van der Waals surface area contributed by atoms with Crippen molar-refractivity contribution < 1.29 is 18.7 Å². The fourth-order valence-corrected chi connectivity index (χ4v) is 4.80. The lowest BCUT2D eigenvalue weighted by Crippen LogP contribution is -2.41. The summed E-state index contributed by atoms with van der Waals surface area (Å²) in [7, 11) is 0. The van der Waals surface area contributed by atoms with Crippen LogP contribution in [0.3, 0.4) is 0 Å². The fraction of sp³-hybridized carbons (Fsp3) is 0.565. The third kappa shape index (κ3) is 3.67. The molecule has 150 valence electrons. The molecular weight excluding hydrogens is 354 g/mol. The van der Waals surface area contributed by atoms with E-state index in [-0.39, 0.29) is 17.9 Å². The van der Waals surface area contributed by atoms with Crippen molar-refractivity contribution in [1.29, 1.82) is 0 Å². The molecule has 2 aliphatic carbocycles. The lowest BCUT2D eigenvalue weighted by Gasteiger charge is -2.37. The van der Waals surface area contributed by atoms with E-state index in [0.29, 0.717) is 23.5 Å². The standard InChI is InChI=1S/C23H29NO4/c1-14-12-13-19(27-14)22-20(23(26)28-16-8-5-3-4-6-9-16)15(2)24-17-10-7-11-18(25)21(17)22/h12-13,16,20,22,24H,2-11H2,1H3. The van der Waals surface area contributed by atoms with Gasteiger partial charge in [-0.15, -0.1) is 0 Å². The van der Waals surface area contributed by atoms with Crippen LogP contribution in [0.1, 0.15) is 75.2 Å². The van der Waals surface area contributed by atoms with Crippen molar-refractivity contribution in [2.45, 2.75) is 76.7 Å². The molecule has 1 aliphatic heterocycles. The van der Waals surface area contributed by atoms with Gasteiger partial charge in [-0.1, -0.05) is 19.4 Å². The van der Waals surface area contributed by atoms with Crippen LogP contribution in [0.5, 0.6) is 0 Å². The van der Waals surface area contributed by atoms with Gasteiger partial charge in [-0.05, 0) is 57.6 Å². The van der Waals surface area contributed by atoms with Gasteiger partial charge in [0.1, 0.15) is 23.5 Å². The van der Waals surface area contributed by atoms with Gasteiger partial charge in [-0.25, -0.2) is 0 Å². The minimum Gasteiger partial charge on any atom is -0.466 e. The zero-order chi connectivity index (χ0) is 19.7. The number of nitrogens with one attached hydrogen (secondary N) is 1. The molecule has 1 aromatic heterocycles. The van der Waals surface area contributed by atoms with Crippen LogP contribution >= 0.6 is 0 Å². The van der Waals surface area contributed by atoms with Gasteiger partial charge in [0.2, 0.25) is 0 Å². The average molecular weight is 383 g/mol. The highest BCUT2D eigenvalue weighted by Crippen LogP contribution is 2.45. The molecule has 0 aromatic carbocycles. The Morgan fingerprint density at radius 1 is 1.14 bits per heavy atom. The van der Waals surface area contributed by atoms with Crippen LogP contribution < -0.4 is 5.32 Å². The molecule has 0 saturated heterocycles. The normalized spacial score (nSPS) is 26.5. The van der Waals surface area contributed by atoms with E-state index in [1.807, 2.05) is 19.1 Å². The van der Waals surface area contributed by atoms with Crippen LogP contribution in [-0.4, -0.2) is 17.9 Å². The number of Topliss-reactive ketones (excluding diaryl/α,β-unsaturated/α-hetero) is 1. The second-order valence-corrected chi connectivity index (χ2v) is 8.27. The number of esters is 1. The minimum absolute atomic E-state index is 0.0424. The predicted molar refractivity (Wildman–Crippen MR) is 105 cm³/mol. The quantitative estimate of drug-likeness (QED) is 0.606. The van der Waals surface area contributed by atoms with E-state index in [0.717, 1.165) is 50.0 Å². The van der Waals surface area contributed by atoms with E-state index < -0.39 is 11.8 Å². The first-order valence-corrected chi connectivity index (χ1v) is 10.5. The van der Waals surface area contributed by atoms with Crippen LogP contribution in [0.25, 0.3) is 0 Å². The van der Waals surface area contributed by atoms with Crippen LogP contribution in [0.2, 0.25) is 0 Å². The molecule has 0 spiro atoms. The molecule has 2 heterocycles. The summed E-state index contributed by atoms with van der Waals surface area (Å²) >= 11 is 0. The van der Waals surface area contributed by atoms with Gasteiger partial charge in [0.25, 0.3) is 0 Å². The smallest absolute Gasteiger partial charge is 0.316 e. The van der Waals surface area contributed by atoms with E-state index >= 15 is 0 Å². The zero-order valence-corrected chi connectivity index (χ0v) is 16.6. The zero-order valence-electron chi connectivity index (χ0n) is 16.6. The Balaban J connectivity index is 1.67. The van der Waals surface area contributed by atoms with Crippen molar-refractivity contribution >= 4 is 11.8 Å². The number of ketones is 1. The second kappa shape index (κ2) is 7.98. The van der Waals surface area contributed by atoms with Gasteiger partial charge < -0.3 is 14.5 Å². The number of hydrogen-bond acceptors (Lipinski definition) is 5. The van der Waals surface area contributed by atoms with Gasteiger partial charge in [-0.2, -0.15) is 0 Å². The molecule has 0 radical (unpaired) electrons. The molecule has 4 rings (SSSR count). The van der Waals surface area contributed by atoms with E-state index in [1.165, 1.54) is 12.8 Å². The van der Waals surface area contributed by atoms with E-state index in [9.17, 15) is 9.59 Å². The molecule has 5 heteroatoms. The van der Waals surface area contributed by atoms with Gasteiger partial charge in [0, 0.05) is 23.4 Å². The molecule has 1 saturated carbocycles. The third-order valence-electron chi connectivity index (χ3n) is 6.19. The lowest BCUT2D eigenvalue weighted by atomic mass is 9.73. The maximum Gasteiger partial charge on any atom is 0.316 e. The van der Waals surface area contributed by atoms with E-state index in [1.54, 1.807) is 0 Å². The monoisotopic (exact) mass is 383 g/mol. The summed E-state index contributed by atoms with van der Waals surface area (Å²) < 4.78 is 11.8. The number of carbonyl (C=O) groups excluding carboxylic acids is 2. The first-order valence-electron chi connectivity index (χ1n) is 10.5. The largest absolute Gasteiger partial charge is 0.466 e. The summed E-state index contributed by atoms with van der Waals surface area (Å²) in [5.41, 5.74) is 2.17. The van der Waals surface area contributed by atoms with Gasteiger partial charge >= 0.3 is 5.97 Å². The number of rotatable bonds is 3. The Hall–Kier alpha value is -2.30. The van der Waals surface area contributed by atoms with Crippen molar-refractivity contribution in [3.63, 3.8) is 0 Å². The number of furan rings is 1. The molecule has 2 atom stereocenters. The summed E-state index contributed by atoms with van der Waals surface area (Å²) in [5, 5.41) is 3.26. The highest BCUT2D eigenvalue weighted by Gasteiger charge is 2.45. The summed E-state index contributed by atoms with van der Waals surface area (Å²) in [6.45, 7) is 6.00. The fourth-order valence-electron chi connectivity index (χ4n) is 4.80. The Morgan fingerprint density at radius 3 is 2.57 bits per heavy atom. The summed E-state index contributed by atoms with van der Waals surface area (Å²) in [4.78, 5) is 26.1. The Kier molecular flexibility index (Phi) is 5.42. The molecule has 1 fully saturated rings. The highest BCUT2D eigenvalue weighted by molar-refractivity contribution is 6.00. The van der Waals surface area contributed by atoms with Crippen molar-refractivity contribution in [1.82, 2.24) is 5.32 Å². The first-order chi connectivity index (χ1) is 13.5. The molecule has 0 amide bonds. The molecular formula is C23H29NO4. The van der Waals surface area contributed by atoms with Crippen molar-refractivity contribution in [2.75, 3.05) is 0 Å². The van der Waals surface area contributed by atoms with Crippen molar-refractivity contribution in [3.05, 3.63) is 47.2 Å². The Labute approximate surface area is 166 Å². The SMILES string of the molecule is C=C1NC2=C(C(=O)CCC2)C(c2ccc(C)o2)C1C(=O)OC1CCCCCC1. The first kappa shape index (κ1) is 19.0. The van der Waals surface area contributed by atoms with Crippen molar-refractivity contribution in [2.24, 2.45) is 5.92 Å². The van der Waals surface area contributed by atoms with Crippen LogP contribution in [-0.2, 0) is 14.3 Å². The molecule has 1 aromatic rings. The molecule has 0 bridgehead atoms. The number of aryl methyl sites for hydroxylation is 1. The predicted octanol–water partition coefficient (Wildman–Crippen LogP) is 4.68.